The number of carbonyl (C=O) groups excluding carboxylic acids is 1. The van der Waals surface area contributed by atoms with Crippen molar-refractivity contribution in [1.82, 2.24) is 20.5 Å². The highest BCUT2D eigenvalue weighted by Gasteiger charge is 2.24. The summed E-state index contributed by atoms with van der Waals surface area (Å²) >= 11 is 1.67. The molecular formula is C12H22N4O2S. The first-order chi connectivity index (χ1) is 8.64. The van der Waals surface area contributed by atoms with Crippen molar-refractivity contribution in [3.05, 3.63) is 11.6 Å². The minimum atomic E-state index is -0.502. The summed E-state index contributed by atoms with van der Waals surface area (Å²) in [6.45, 7) is 9.82. The van der Waals surface area contributed by atoms with E-state index in [2.05, 4.69) is 20.5 Å². The van der Waals surface area contributed by atoms with Crippen LogP contribution < -0.4 is 5.32 Å². The van der Waals surface area contributed by atoms with Gasteiger partial charge in [0, 0.05) is 0 Å². The predicted octanol–water partition coefficient (Wildman–Crippen LogP) is 2.43. The van der Waals surface area contributed by atoms with Crippen LogP contribution in [-0.4, -0.2) is 33.1 Å². The number of H-pyrrole nitrogens is 1. The second kappa shape index (κ2) is 5.81. The number of aromatic amines is 1. The van der Waals surface area contributed by atoms with Gasteiger partial charge in [0.25, 0.3) is 0 Å². The minimum absolute atomic E-state index is 0.152. The zero-order valence-corrected chi connectivity index (χ0v) is 13.1. The Hall–Kier alpha value is -1.24. The van der Waals surface area contributed by atoms with Gasteiger partial charge in [-0.15, -0.1) is 0 Å². The van der Waals surface area contributed by atoms with Gasteiger partial charge in [0.05, 0.1) is 11.3 Å². The fourth-order valence-electron chi connectivity index (χ4n) is 1.20. The second-order valence-corrected chi connectivity index (χ2v) is 7.10. The zero-order valence-electron chi connectivity index (χ0n) is 12.3. The Bertz CT molecular complexity index is 437. The normalized spacial score (nSPS) is 12.3. The maximum Gasteiger partial charge on any atom is 0.408 e. The molecule has 1 amide bonds. The molecule has 0 atom stereocenters. The van der Waals surface area contributed by atoms with Crippen molar-refractivity contribution in [2.24, 2.45) is 0 Å². The average Bonchev–Trinajstić information content (AvgIpc) is 2.73. The van der Waals surface area contributed by atoms with Gasteiger partial charge in [0.1, 0.15) is 11.4 Å². The maximum atomic E-state index is 11.5. The van der Waals surface area contributed by atoms with Crippen molar-refractivity contribution < 1.29 is 9.53 Å². The number of ether oxygens (including phenoxy) is 1. The molecule has 19 heavy (non-hydrogen) atoms. The maximum absolute atomic E-state index is 11.5. The number of hydrogen-bond acceptors (Lipinski definition) is 5. The van der Waals surface area contributed by atoms with Crippen LogP contribution in [0.2, 0.25) is 0 Å². The molecular weight excluding hydrogens is 264 g/mol. The quantitative estimate of drug-likeness (QED) is 0.888. The number of nitrogens with zero attached hydrogens (tertiary/aromatic N) is 2. The summed E-state index contributed by atoms with van der Waals surface area (Å²) in [5.41, 5.74) is -0.502. The third-order valence-corrected chi connectivity index (χ3v) is 3.58. The molecule has 1 heterocycles. The van der Waals surface area contributed by atoms with Crippen LogP contribution in [0.4, 0.5) is 4.79 Å². The van der Waals surface area contributed by atoms with E-state index in [1.165, 1.54) is 0 Å². The molecule has 1 rings (SSSR count). The van der Waals surface area contributed by atoms with Gasteiger partial charge in [-0.3, -0.25) is 5.10 Å². The smallest absolute Gasteiger partial charge is 0.408 e. The van der Waals surface area contributed by atoms with Crippen molar-refractivity contribution in [2.75, 3.05) is 6.26 Å². The van der Waals surface area contributed by atoms with Gasteiger partial charge in [-0.05, 0) is 40.9 Å². The van der Waals surface area contributed by atoms with Crippen molar-refractivity contribution in [3.63, 3.8) is 0 Å². The number of aromatic nitrogens is 3. The molecule has 0 aliphatic carbocycles. The van der Waals surface area contributed by atoms with Crippen molar-refractivity contribution in [1.29, 1.82) is 0 Å². The topological polar surface area (TPSA) is 79.9 Å². The number of carbonyl (C=O) groups is 1. The molecule has 0 radical (unpaired) electrons. The van der Waals surface area contributed by atoms with E-state index in [-0.39, 0.29) is 11.3 Å². The van der Waals surface area contributed by atoms with Gasteiger partial charge in [0.2, 0.25) is 0 Å². The summed E-state index contributed by atoms with van der Waals surface area (Å²) in [5, 5.41) is 9.62. The first-order valence-electron chi connectivity index (χ1n) is 6.08. The number of thioether (sulfide) groups is 1. The minimum Gasteiger partial charge on any atom is -0.444 e. The highest BCUT2D eigenvalue weighted by molar-refractivity contribution is 7.99. The molecule has 0 saturated carbocycles. The molecule has 108 valence electrons. The largest absolute Gasteiger partial charge is 0.444 e. The molecule has 0 aliphatic heterocycles. The van der Waals surface area contributed by atoms with E-state index in [9.17, 15) is 4.79 Å². The number of rotatable bonds is 4. The molecule has 0 saturated heterocycles. The third kappa shape index (κ3) is 5.10. The Kier molecular flexibility index (Phi) is 4.84. The molecule has 2 N–H and O–H groups in total. The molecule has 0 aromatic carbocycles. The van der Waals surface area contributed by atoms with Crippen LogP contribution in [0.25, 0.3) is 0 Å². The molecule has 1 aromatic heterocycles. The first-order valence-corrected chi connectivity index (χ1v) is 7.30. The highest BCUT2D eigenvalue weighted by Crippen LogP contribution is 2.30. The number of alkyl carbamates (subject to hydrolysis) is 1. The van der Waals surface area contributed by atoms with Crippen molar-refractivity contribution in [2.45, 2.75) is 51.5 Å². The van der Waals surface area contributed by atoms with Crippen LogP contribution >= 0.6 is 11.8 Å². The standard InChI is InChI=1S/C12H22N4O2S/c1-11(2,3)18-10(17)13-7-8-14-9(16-15-8)12(4,5)19-6/h7H2,1-6H3,(H,13,17)(H,14,15,16). The van der Waals surface area contributed by atoms with E-state index in [1.807, 2.05) is 40.9 Å². The molecule has 1 aromatic rings. The summed E-state index contributed by atoms with van der Waals surface area (Å²) in [6.07, 6.45) is 1.55. The zero-order chi connectivity index (χ0) is 14.7. The average molecular weight is 286 g/mol. The number of amides is 1. The third-order valence-electron chi connectivity index (χ3n) is 2.38. The molecule has 0 aliphatic rings. The molecule has 0 spiro atoms. The second-order valence-electron chi connectivity index (χ2n) is 5.68. The summed E-state index contributed by atoms with van der Waals surface area (Å²) in [6, 6.07) is 0. The highest BCUT2D eigenvalue weighted by atomic mass is 32.2. The van der Waals surface area contributed by atoms with Crippen molar-refractivity contribution >= 4 is 17.9 Å². The molecule has 7 heteroatoms. The summed E-state index contributed by atoms with van der Waals surface area (Å²) < 4.78 is 4.99. The van der Waals surface area contributed by atoms with Gasteiger partial charge in [-0.1, -0.05) is 0 Å². The Morgan fingerprint density at radius 3 is 2.53 bits per heavy atom. The van der Waals surface area contributed by atoms with E-state index in [0.29, 0.717) is 5.82 Å². The van der Waals surface area contributed by atoms with Crippen LogP contribution in [0.3, 0.4) is 0 Å². The summed E-state index contributed by atoms with van der Waals surface area (Å²) in [4.78, 5) is 15.9. The summed E-state index contributed by atoms with van der Waals surface area (Å²) in [5.74, 6) is 1.34. The number of hydrogen-bond donors (Lipinski definition) is 2. The van der Waals surface area contributed by atoms with E-state index in [1.54, 1.807) is 11.8 Å². The SMILES string of the molecule is CSC(C)(C)c1n[nH]c(CNC(=O)OC(C)(C)C)n1. The molecule has 6 nitrogen and oxygen atoms in total. The van der Waals surface area contributed by atoms with E-state index in [0.717, 1.165) is 5.82 Å². The number of nitrogens with one attached hydrogen (secondary N) is 2. The van der Waals surface area contributed by atoms with Gasteiger partial charge in [-0.25, -0.2) is 9.78 Å². The van der Waals surface area contributed by atoms with Crippen LogP contribution in [-0.2, 0) is 16.0 Å². The molecule has 0 bridgehead atoms. The van der Waals surface area contributed by atoms with E-state index >= 15 is 0 Å². The Morgan fingerprint density at radius 2 is 2.00 bits per heavy atom. The van der Waals surface area contributed by atoms with Gasteiger partial charge in [0.15, 0.2) is 5.82 Å². The molecule has 0 unspecified atom stereocenters. The van der Waals surface area contributed by atoms with Crippen LogP contribution in [0.1, 0.15) is 46.3 Å². The van der Waals surface area contributed by atoms with Crippen LogP contribution in [0.15, 0.2) is 0 Å². The summed E-state index contributed by atoms with van der Waals surface area (Å²) in [7, 11) is 0. The Labute approximate surface area is 118 Å². The predicted molar refractivity (Wildman–Crippen MR) is 76.0 cm³/mol. The van der Waals surface area contributed by atoms with Gasteiger partial charge < -0.3 is 10.1 Å². The monoisotopic (exact) mass is 286 g/mol. The Morgan fingerprint density at radius 1 is 1.37 bits per heavy atom. The first kappa shape index (κ1) is 15.8. The van der Waals surface area contributed by atoms with E-state index < -0.39 is 11.7 Å². The van der Waals surface area contributed by atoms with E-state index in [4.69, 9.17) is 4.74 Å². The lowest BCUT2D eigenvalue weighted by atomic mass is 10.2. The molecule has 0 fully saturated rings. The fourth-order valence-corrected chi connectivity index (χ4v) is 1.48. The Balaban J connectivity index is 2.54. The lowest BCUT2D eigenvalue weighted by molar-refractivity contribution is 0.0522. The lowest BCUT2D eigenvalue weighted by Gasteiger charge is -2.19. The van der Waals surface area contributed by atoms with Crippen molar-refractivity contribution in [3.8, 4) is 0 Å². The lowest BCUT2D eigenvalue weighted by Crippen LogP contribution is -2.32. The van der Waals surface area contributed by atoms with Crippen LogP contribution in [0, 0.1) is 0 Å². The van der Waals surface area contributed by atoms with Gasteiger partial charge >= 0.3 is 6.09 Å². The van der Waals surface area contributed by atoms with Crippen LogP contribution in [0.5, 0.6) is 0 Å². The fraction of sp³-hybridized carbons (Fsp3) is 0.750. The van der Waals surface area contributed by atoms with Gasteiger partial charge in [-0.2, -0.15) is 16.9 Å².